The van der Waals surface area contributed by atoms with Gasteiger partial charge in [0.2, 0.25) is 0 Å². The van der Waals surface area contributed by atoms with Gasteiger partial charge in [0.15, 0.2) is 0 Å². The second-order valence-electron chi connectivity index (χ2n) is 6.97. The van der Waals surface area contributed by atoms with E-state index in [0.717, 1.165) is 13.1 Å². The lowest BCUT2D eigenvalue weighted by atomic mass is 9.97. The zero-order valence-corrected chi connectivity index (χ0v) is 14.8. The van der Waals surface area contributed by atoms with Crippen molar-refractivity contribution in [2.75, 3.05) is 13.1 Å². The summed E-state index contributed by atoms with van der Waals surface area (Å²) in [6.07, 6.45) is 1.19. The van der Waals surface area contributed by atoms with Crippen molar-refractivity contribution in [1.29, 1.82) is 0 Å². The number of benzene rings is 1. The van der Waals surface area contributed by atoms with Gasteiger partial charge in [-0.1, -0.05) is 44.2 Å². The molecule has 0 saturated carbocycles. The Morgan fingerprint density at radius 1 is 0.905 bits per heavy atom. The Labute approximate surface area is 131 Å². The molecule has 120 valence electrons. The highest BCUT2D eigenvalue weighted by atomic mass is 15.2. The van der Waals surface area contributed by atoms with Crippen LogP contribution < -0.4 is 5.32 Å². The molecule has 21 heavy (non-hydrogen) atoms. The van der Waals surface area contributed by atoms with E-state index in [4.69, 9.17) is 0 Å². The van der Waals surface area contributed by atoms with Gasteiger partial charge in [-0.25, -0.2) is 0 Å². The van der Waals surface area contributed by atoms with E-state index in [0.29, 0.717) is 24.0 Å². The summed E-state index contributed by atoms with van der Waals surface area (Å²) < 4.78 is 0. The van der Waals surface area contributed by atoms with Crippen LogP contribution in [-0.2, 0) is 0 Å². The minimum Gasteiger partial charge on any atom is -0.309 e. The first-order valence-electron chi connectivity index (χ1n) is 8.45. The van der Waals surface area contributed by atoms with Crippen LogP contribution in [0, 0.1) is 5.92 Å². The number of hydrogen-bond donors (Lipinski definition) is 1. The molecule has 1 N–H and O–H groups in total. The topological polar surface area (TPSA) is 15.3 Å². The van der Waals surface area contributed by atoms with Crippen molar-refractivity contribution >= 4 is 0 Å². The monoisotopic (exact) mass is 290 g/mol. The molecular formula is C19H34N2. The molecular weight excluding hydrogens is 256 g/mol. The lowest BCUT2D eigenvalue weighted by Gasteiger charge is -2.31. The average molecular weight is 290 g/mol. The third-order valence-corrected chi connectivity index (χ3v) is 4.00. The van der Waals surface area contributed by atoms with Crippen molar-refractivity contribution in [1.82, 2.24) is 10.2 Å². The second kappa shape index (κ2) is 9.22. The maximum absolute atomic E-state index is 3.77. The summed E-state index contributed by atoms with van der Waals surface area (Å²) in [7, 11) is 0. The van der Waals surface area contributed by atoms with Crippen LogP contribution in [-0.4, -0.2) is 30.1 Å². The van der Waals surface area contributed by atoms with Crippen LogP contribution in [0.25, 0.3) is 0 Å². The Kier molecular flexibility index (Phi) is 7.98. The van der Waals surface area contributed by atoms with Crippen LogP contribution in [0.15, 0.2) is 30.3 Å². The SMILES string of the molecule is CC(C)CC(NCCN(C(C)C)C(C)C)c1ccccc1. The first-order chi connectivity index (χ1) is 9.91. The van der Waals surface area contributed by atoms with Gasteiger partial charge < -0.3 is 5.32 Å². The Bertz CT molecular complexity index is 362. The van der Waals surface area contributed by atoms with E-state index in [9.17, 15) is 0 Å². The largest absolute Gasteiger partial charge is 0.309 e. The lowest BCUT2D eigenvalue weighted by Crippen LogP contribution is -2.42. The van der Waals surface area contributed by atoms with Gasteiger partial charge in [0.05, 0.1) is 0 Å². The molecule has 0 heterocycles. The first kappa shape index (κ1) is 18.2. The summed E-state index contributed by atoms with van der Waals surface area (Å²) in [4.78, 5) is 2.55. The smallest absolute Gasteiger partial charge is 0.0323 e. The van der Waals surface area contributed by atoms with E-state index in [1.807, 2.05) is 0 Å². The predicted molar refractivity (Wildman–Crippen MR) is 93.6 cm³/mol. The molecule has 0 fully saturated rings. The molecule has 1 unspecified atom stereocenters. The van der Waals surface area contributed by atoms with E-state index in [2.05, 4.69) is 82.1 Å². The summed E-state index contributed by atoms with van der Waals surface area (Å²) in [5.74, 6) is 0.703. The molecule has 0 aliphatic carbocycles. The van der Waals surface area contributed by atoms with E-state index in [1.54, 1.807) is 0 Å². The first-order valence-corrected chi connectivity index (χ1v) is 8.45. The molecule has 0 bridgehead atoms. The van der Waals surface area contributed by atoms with E-state index < -0.39 is 0 Å². The molecule has 0 saturated heterocycles. The van der Waals surface area contributed by atoms with Gasteiger partial charge in [-0.05, 0) is 45.6 Å². The Morgan fingerprint density at radius 2 is 1.48 bits per heavy atom. The number of rotatable bonds is 9. The maximum Gasteiger partial charge on any atom is 0.0323 e. The zero-order valence-electron chi connectivity index (χ0n) is 14.8. The van der Waals surface area contributed by atoms with E-state index >= 15 is 0 Å². The molecule has 1 aromatic carbocycles. The zero-order chi connectivity index (χ0) is 15.8. The maximum atomic E-state index is 3.77. The molecule has 0 aromatic heterocycles. The molecule has 1 atom stereocenters. The molecule has 0 aliphatic rings. The van der Waals surface area contributed by atoms with Gasteiger partial charge in [-0.3, -0.25) is 4.90 Å². The van der Waals surface area contributed by atoms with Crippen LogP contribution in [0.5, 0.6) is 0 Å². The molecule has 2 heteroatoms. The summed E-state index contributed by atoms with van der Waals surface area (Å²) >= 11 is 0. The van der Waals surface area contributed by atoms with Gasteiger partial charge >= 0.3 is 0 Å². The summed E-state index contributed by atoms with van der Waals surface area (Å²) in [5, 5.41) is 3.77. The van der Waals surface area contributed by atoms with Crippen LogP contribution >= 0.6 is 0 Å². The quantitative estimate of drug-likeness (QED) is 0.721. The molecule has 0 radical (unpaired) electrons. The molecule has 2 nitrogen and oxygen atoms in total. The van der Waals surface area contributed by atoms with Gasteiger partial charge in [-0.15, -0.1) is 0 Å². The molecule has 1 rings (SSSR count). The molecule has 0 spiro atoms. The fraction of sp³-hybridized carbons (Fsp3) is 0.684. The summed E-state index contributed by atoms with van der Waals surface area (Å²) in [6.45, 7) is 15.9. The molecule has 0 aliphatic heterocycles. The van der Waals surface area contributed by atoms with Gasteiger partial charge in [-0.2, -0.15) is 0 Å². The third kappa shape index (κ3) is 6.62. The van der Waals surface area contributed by atoms with Crippen LogP contribution in [0.3, 0.4) is 0 Å². The van der Waals surface area contributed by atoms with E-state index in [1.165, 1.54) is 12.0 Å². The highest BCUT2D eigenvalue weighted by Crippen LogP contribution is 2.20. The van der Waals surface area contributed by atoms with Crippen molar-refractivity contribution in [3.63, 3.8) is 0 Å². The van der Waals surface area contributed by atoms with Crippen molar-refractivity contribution in [2.45, 2.75) is 66.1 Å². The van der Waals surface area contributed by atoms with Crippen molar-refractivity contribution in [2.24, 2.45) is 5.92 Å². The minimum atomic E-state index is 0.465. The standard InChI is InChI=1S/C19H34N2/c1-15(2)14-19(18-10-8-7-9-11-18)20-12-13-21(16(3)4)17(5)6/h7-11,15-17,19-20H,12-14H2,1-6H3. The van der Waals surface area contributed by atoms with E-state index in [-0.39, 0.29) is 0 Å². The third-order valence-electron chi connectivity index (χ3n) is 4.00. The summed E-state index contributed by atoms with van der Waals surface area (Å²) in [5.41, 5.74) is 1.41. The lowest BCUT2D eigenvalue weighted by molar-refractivity contribution is 0.173. The summed E-state index contributed by atoms with van der Waals surface area (Å²) in [6, 6.07) is 12.5. The van der Waals surface area contributed by atoms with Crippen LogP contribution in [0.4, 0.5) is 0 Å². The van der Waals surface area contributed by atoms with Gasteiger partial charge in [0.1, 0.15) is 0 Å². The molecule has 0 amide bonds. The van der Waals surface area contributed by atoms with Crippen molar-refractivity contribution < 1.29 is 0 Å². The normalized spacial score (nSPS) is 13.6. The average Bonchev–Trinajstić information content (AvgIpc) is 2.41. The fourth-order valence-corrected chi connectivity index (χ4v) is 2.97. The van der Waals surface area contributed by atoms with Crippen LogP contribution in [0.2, 0.25) is 0 Å². The fourth-order valence-electron chi connectivity index (χ4n) is 2.97. The number of nitrogens with zero attached hydrogens (tertiary/aromatic N) is 1. The Morgan fingerprint density at radius 3 is 1.95 bits per heavy atom. The van der Waals surface area contributed by atoms with Crippen molar-refractivity contribution in [3.05, 3.63) is 35.9 Å². The minimum absolute atomic E-state index is 0.465. The van der Waals surface area contributed by atoms with Crippen molar-refractivity contribution in [3.8, 4) is 0 Å². The highest BCUT2D eigenvalue weighted by molar-refractivity contribution is 5.18. The van der Waals surface area contributed by atoms with Crippen LogP contribution in [0.1, 0.15) is 59.6 Å². The Balaban J connectivity index is 2.58. The predicted octanol–water partition coefficient (Wildman–Crippen LogP) is 4.48. The highest BCUT2D eigenvalue weighted by Gasteiger charge is 2.15. The number of hydrogen-bond acceptors (Lipinski definition) is 2. The van der Waals surface area contributed by atoms with Gasteiger partial charge in [0, 0.05) is 31.2 Å². The van der Waals surface area contributed by atoms with Gasteiger partial charge in [0.25, 0.3) is 0 Å². The Hall–Kier alpha value is -0.860. The second-order valence-corrected chi connectivity index (χ2v) is 6.97. The molecule has 1 aromatic rings. The number of nitrogens with one attached hydrogen (secondary N) is 1.